The fourth-order valence-corrected chi connectivity index (χ4v) is 3.35. The molecule has 0 amide bonds. The first-order valence-electron chi connectivity index (χ1n) is 7.48. The van der Waals surface area contributed by atoms with Crippen LogP contribution in [0.15, 0.2) is 30.3 Å². The second-order valence-electron chi connectivity index (χ2n) is 4.98. The van der Waals surface area contributed by atoms with Gasteiger partial charge in [0.15, 0.2) is 5.11 Å². The SMILES string of the molecule is CCOC(=O)c1sc(NC(=S)Nc2cccc(CC)c2)cc1C. The molecule has 1 aromatic carbocycles. The first kappa shape index (κ1) is 17.4. The van der Waals surface area contributed by atoms with Gasteiger partial charge in [-0.05, 0) is 61.8 Å². The van der Waals surface area contributed by atoms with Crippen LogP contribution < -0.4 is 10.6 Å². The van der Waals surface area contributed by atoms with Gasteiger partial charge in [0.1, 0.15) is 4.88 Å². The fourth-order valence-electron chi connectivity index (χ4n) is 2.09. The number of carbonyl (C=O) groups is 1. The molecule has 122 valence electrons. The molecule has 2 aromatic rings. The Balaban J connectivity index is 2.02. The zero-order valence-electron chi connectivity index (χ0n) is 13.4. The number of rotatable bonds is 5. The number of aryl methyl sites for hydroxylation is 2. The van der Waals surface area contributed by atoms with Crippen molar-refractivity contribution in [3.05, 3.63) is 46.3 Å². The lowest BCUT2D eigenvalue weighted by atomic mass is 10.1. The first-order chi connectivity index (χ1) is 11.0. The van der Waals surface area contributed by atoms with Crippen molar-refractivity contribution in [1.29, 1.82) is 0 Å². The van der Waals surface area contributed by atoms with Gasteiger partial charge in [-0.3, -0.25) is 0 Å². The minimum atomic E-state index is -0.294. The Morgan fingerprint density at radius 2 is 2.04 bits per heavy atom. The molecule has 0 bridgehead atoms. The van der Waals surface area contributed by atoms with E-state index in [1.165, 1.54) is 16.9 Å². The van der Waals surface area contributed by atoms with Gasteiger partial charge < -0.3 is 15.4 Å². The van der Waals surface area contributed by atoms with Crippen LogP contribution in [0.3, 0.4) is 0 Å². The minimum Gasteiger partial charge on any atom is -0.462 e. The number of thiocarbonyl (C=S) groups is 1. The van der Waals surface area contributed by atoms with Crippen molar-refractivity contribution >= 4 is 45.3 Å². The molecule has 0 aliphatic rings. The molecule has 23 heavy (non-hydrogen) atoms. The molecule has 0 aliphatic heterocycles. The highest BCUT2D eigenvalue weighted by atomic mass is 32.1. The zero-order chi connectivity index (χ0) is 16.8. The van der Waals surface area contributed by atoms with Crippen LogP contribution >= 0.6 is 23.6 Å². The molecule has 0 aliphatic carbocycles. The number of esters is 1. The number of nitrogens with one attached hydrogen (secondary N) is 2. The van der Waals surface area contributed by atoms with Gasteiger partial charge in [-0.25, -0.2) is 4.79 Å². The molecule has 2 N–H and O–H groups in total. The molecule has 6 heteroatoms. The minimum absolute atomic E-state index is 0.294. The van der Waals surface area contributed by atoms with E-state index in [2.05, 4.69) is 29.7 Å². The van der Waals surface area contributed by atoms with Gasteiger partial charge in [0.2, 0.25) is 0 Å². The highest BCUT2D eigenvalue weighted by molar-refractivity contribution is 7.80. The molecule has 1 aromatic heterocycles. The summed E-state index contributed by atoms with van der Waals surface area (Å²) in [5, 5.41) is 7.59. The highest BCUT2D eigenvalue weighted by Gasteiger charge is 2.15. The van der Waals surface area contributed by atoms with Crippen molar-refractivity contribution in [2.24, 2.45) is 0 Å². The molecule has 0 saturated heterocycles. The van der Waals surface area contributed by atoms with Gasteiger partial charge in [-0.15, -0.1) is 11.3 Å². The topological polar surface area (TPSA) is 50.4 Å². The molecule has 1 heterocycles. The van der Waals surface area contributed by atoms with Crippen LogP contribution in [0.1, 0.15) is 34.6 Å². The maximum Gasteiger partial charge on any atom is 0.348 e. The Morgan fingerprint density at radius 1 is 1.26 bits per heavy atom. The molecule has 0 radical (unpaired) electrons. The van der Waals surface area contributed by atoms with E-state index in [1.54, 1.807) is 6.92 Å². The standard InChI is InChI=1S/C17H20N2O2S2/c1-4-12-7-6-8-13(10-12)18-17(22)19-14-9-11(3)15(23-14)16(20)21-5-2/h6-10H,4-5H2,1-3H3,(H2,18,19,22). The largest absolute Gasteiger partial charge is 0.462 e. The predicted octanol–water partition coefficient (Wildman–Crippen LogP) is 4.60. The average molecular weight is 348 g/mol. The molecular weight excluding hydrogens is 328 g/mol. The van der Waals surface area contributed by atoms with Gasteiger partial charge in [0.05, 0.1) is 11.6 Å². The quantitative estimate of drug-likeness (QED) is 0.611. The van der Waals surface area contributed by atoms with Gasteiger partial charge in [0, 0.05) is 5.69 Å². The van der Waals surface area contributed by atoms with Crippen LogP contribution in [0.25, 0.3) is 0 Å². The molecule has 4 nitrogen and oxygen atoms in total. The maximum atomic E-state index is 11.8. The highest BCUT2D eigenvalue weighted by Crippen LogP contribution is 2.27. The first-order valence-corrected chi connectivity index (χ1v) is 8.70. The van der Waals surface area contributed by atoms with E-state index < -0.39 is 0 Å². The fraction of sp³-hybridized carbons (Fsp3) is 0.294. The summed E-state index contributed by atoms with van der Waals surface area (Å²) in [4.78, 5) is 12.4. The lowest BCUT2D eigenvalue weighted by Gasteiger charge is -2.09. The Kier molecular flexibility index (Phi) is 6.12. The van der Waals surface area contributed by atoms with Gasteiger partial charge in [0.25, 0.3) is 0 Å². The van der Waals surface area contributed by atoms with Gasteiger partial charge >= 0.3 is 5.97 Å². The molecule has 0 atom stereocenters. The van der Waals surface area contributed by atoms with E-state index in [0.717, 1.165) is 22.7 Å². The van der Waals surface area contributed by atoms with Crippen molar-refractivity contribution in [2.75, 3.05) is 17.2 Å². The van der Waals surface area contributed by atoms with Gasteiger partial charge in [-0.2, -0.15) is 0 Å². The van der Waals surface area contributed by atoms with Gasteiger partial charge in [-0.1, -0.05) is 19.1 Å². The molecule has 2 rings (SSSR count). The normalized spacial score (nSPS) is 10.2. The number of hydrogen-bond donors (Lipinski definition) is 2. The summed E-state index contributed by atoms with van der Waals surface area (Å²) in [6.45, 7) is 6.16. The molecular formula is C17H20N2O2S2. The number of thiophene rings is 1. The van der Waals surface area contributed by atoms with E-state index in [1.807, 2.05) is 25.1 Å². The summed E-state index contributed by atoms with van der Waals surface area (Å²) in [6, 6.07) is 10.0. The van der Waals surface area contributed by atoms with Crippen LogP contribution in [0.2, 0.25) is 0 Å². The number of carbonyl (C=O) groups excluding carboxylic acids is 1. The van der Waals surface area contributed by atoms with Crippen LogP contribution in [-0.4, -0.2) is 17.7 Å². The Labute approximate surface area is 145 Å². The molecule has 0 saturated carbocycles. The predicted molar refractivity (Wildman–Crippen MR) is 101 cm³/mol. The number of anilines is 2. The summed E-state index contributed by atoms with van der Waals surface area (Å²) in [7, 11) is 0. The third kappa shape index (κ3) is 4.77. The van der Waals surface area contributed by atoms with E-state index in [9.17, 15) is 4.79 Å². The Hall–Kier alpha value is -1.92. The Bertz CT molecular complexity index is 710. The summed E-state index contributed by atoms with van der Waals surface area (Å²) >= 11 is 6.68. The summed E-state index contributed by atoms with van der Waals surface area (Å²) in [5.74, 6) is -0.294. The van der Waals surface area contributed by atoms with Crippen LogP contribution in [0, 0.1) is 6.92 Å². The van der Waals surface area contributed by atoms with Crippen molar-refractivity contribution in [3.63, 3.8) is 0 Å². The second kappa shape index (κ2) is 8.08. The molecule has 0 spiro atoms. The van der Waals surface area contributed by atoms with E-state index in [0.29, 0.717) is 16.6 Å². The van der Waals surface area contributed by atoms with Crippen molar-refractivity contribution in [3.8, 4) is 0 Å². The summed E-state index contributed by atoms with van der Waals surface area (Å²) in [5.41, 5.74) is 3.07. The van der Waals surface area contributed by atoms with Crippen molar-refractivity contribution < 1.29 is 9.53 Å². The van der Waals surface area contributed by atoms with E-state index >= 15 is 0 Å². The third-order valence-electron chi connectivity index (χ3n) is 3.21. The smallest absolute Gasteiger partial charge is 0.348 e. The molecule has 0 unspecified atom stereocenters. The second-order valence-corrected chi connectivity index (χ2v) is 6.44. The van der Waals surface area contributed by atoms with Crippen molar-refractivity contribution in [2.45, 2.75) is 27.2 Å². The Morgan fingerprint density at radius 3 is 2.74 bits per heavy atom. The van der Waals surface area contributed by atoms with Crippen molar-refractivity contribution in [1.82, 2.24) is 0 Å². The summed E-state index contributed by atoms with van der Waals surface area (Å²) in [6.07, 6.45) is 0.975. The lowest BCUT2D eigenvalue weighted by molar-refractivity contribution is 0.0531. The van der Waals surface area contributed by atoms with Crippen LogP contribution in [0.5, 0.6) is 0 Å². The molecule has 0 fully saturated rings. The number of hydrogen-bond acceptors (Lipinski definition) is 4. The van der Waals surface area contributed by atoms with Crippen LogP contribution in [-0.2, 0) is 11.2 Å². The van der Waals surface area contributed by atoms with E-state index in [-0.39, 0.29) is 5.97 Å². The third-order valence-corrected chi connectivity index (χ3v) is 4.55. The summed E-state index contributed by atoms with van der Waals surface area (Å²) < 4.78 is 5.04. The zero-order valence-corrected chi connectivity index (χ0v) is 15.1. The average Bonchev–Trinajstić information content (AvgIpc) is 2.88. The lowest BCUT2D eigenvalue weighted by Crippen LogP contribution is -2.18. The number of benzene rings is 1. The maximum absolute atomic E-state index is 11.8. The monoisotopic (exact) mass is 348 g/mol. The van der Waals surface area contributed by atoms with E-state index in [4.69, 9.17) is 17.0 Å². The van der Waals surface area contributed by atoms with Crippen LogP contribution in [0.4, 0.5) is 10.7 Å². The number of ether oxygens (including phenoxy) is 1.